The summed E-state index contributed by atoms with van der Waals surface area (Å²) in [5.74, 6) is -0.0172. The Balaban J connectivity index is 1.44. The Labute approximate surface area is 175 Å². The molecule has 0 aliphatic carbocycles. The van der Waals surface area contributed by atoms with Gasteiger partial charge >= 0.3 is 0 Å². The molecule has 1 atom stereocenters. The van der Waals surface area contributed by atoms with Crippen LogP contribution in [0.25, 0.3) is 16.2 Å². The van der Waals surface area contributed by atoms with E-state index in [4.69, 9.17) is 0 Å². The van der Waals surface area contributed by atoms with Crippen LogP contribution in [-0.2, 0) is 6.42 Å². The second kappa shape index (κ2) is 9.41. The first-order valence-corrected chi connectivity index (χ1v) is 11.3. The van der Waals surface area contributed by atoms with Crippen LogP contribution in [-0.4, -0.2) is 48.1 Å². The van der Waals surface area contributed by atoms with Crippen LogP contribution in [0.3, 0.4) is 0 Å². The lowest BCUT2D eigenvalue weighted by molar-refractivity contribution is 0.0938. The quantitative estimate of drug-likeness (QED) is 0.580. The maximum absolute atomic E-state index is 12.9. The summed E-state index contributed by atoms with van der Waals surface area (Å²) in [5, 5.41) is 9.80. The van der Waals surface area contributed by atoms with Crippen LogP contribution in [0.1, 0.15) is 41.4 Å². The van der Waals surface area contributed by atoms with Crippen LogP contribution in [0.2, 0.25) is 0 Å². The summed E-state index contributed by atoms with van der Waals surface area (Å²) in [4.78, 5) is 23.6. The van der Waals surface area contributed by atoms with Gasteiger partial charge in [0.15, 0.2) is 5.13 Å². The molecule has 1 saturated heterocycles. The van der Waals surface area contributed by atoms with Crippen molar-refractivity contribution < 1.29 is 4.79 Å². The largest absolute Gasteiger partial charge is 0.659 e. The lowest BCUT2D eigenvalue weighted by Gasteiger charge is -2.34. The number of nitrogens with one attached hydrogen (secondary N) is 2. The number of aromatic amines is 1. The van der Waals surface area contributed by atoms with E-state index in [1.54, 1.807) is 6.20 Å². The van der Waals surface area contributed by atoms with E-state index in [1.807, 2.05) is 6.07 Å². The second-order valence-electron chi connectivity index (χ2n) is 7.54. The predicted octanol–water partition coefficient (Wildman–Crippen LogP) is 4.35. The summed E-state index contributed by atoms with van der Waals surface area (Å²) in [7, 11) is 0. The Bertz CT molecular complexity index is 943. The molecular formula is C22H28N5OS-. The number of nitrogens with zero attached hydrogens (tertiary/aromatic N) is 3. The SMILES string of the molecule is CCCCC(Cc1c[nH]c2ccccc12)NC(=O)c1cnc(N2CC[N-]CC2)s1. The third-order valence-corrected chi connectivity index (χ3v) is 6.48. The zero-order valence-corrected chi connectivity index (χ0v) is 17.7. The molecule has 1 unspecified atom stereocenters. The van der Waals surface area contributed by atoms with Crippen molar-refractivity contribution in [1.29, 1.82) is 0 Å². The zero-order valence-electron chi connectivity index (χ0n) is 16.9. The highest BCUT2D eigenvalue weighted by molar-refractivity contribution is 7.17. The monoisotopic (exact) mass is 410 g/mol. The highest BCUT2D eigenvalue weighted by atomic mass is 32.1. The molecule has 2 N–H and O–H groups in total. The molecule has 1 amide bonds. The van der Waals surface area contributed by atoms with E-state index in [0.29, 0.717) is 4.88 Å². The maximum Gasteiger partial charge on any atom is 0.263 e. The zero-order chi connectivity index (χ0) is 20.1. The van der Waals surface area contributed by atoms with Gasteiger partial charge in [0.25, 0.3) is 5.91 Å². The number of amides is 1. The Morgan fingerprint density at radius 3 is 3.00 bits per heavy atom. The van der Waals surface area contributed by atoms with Crippen LogP contribution >= 0.6 is 11.3 Å². The first kappa shape index (κ1) is 19.9. The van der Waals surface area contributed by atoms with Crippen molar-refractivity contribution in [3.05, 3.63) is 52.4 Å². The lowest BCUT2D eigenvalue weighted by atomic mass is 10.0. The molecule has 3 aromatic rings. The van der Waals surface area contributed by atoms with E-state index in [9.17, 15) is 4.79 Å². The topological polar surface area (TPSA) is 75.1 Å². The fraction of sp³-hybridized carbons (Fsp3) is 0.455. The number of rotatable bonds is 8. The first-order chi connectivity index (χ1) is 14.2. The third kappa shape index (κ3) is 4.79. The Morgan fingerprint density at radius 2 is 2.17 bits per heavy atom. The number of H-pyrrole nitrogens is 1. The van der Waals surface area contributed by atoms with Crippen LogP contribution in [0.4, 0.5) is 5.13 Å². The molecule has 1 aliphatic rings. The van der Waals surface area contributed by atoms with Gasteiger partial charge in [-0.25, -0.2) is 4.98 Å². The van der Waals surface area contributed by atoms with E-state index in [2.05, 4.69) is 56.8 Å². The van der Waals surface area contributed by atoms with E-state index in [-0.39, 0.29) is 11.9 Å². The molecule has 29 heavy (non-hydrogen) atoms. The molecule has 0 saturated carbocycles. The molecule has 0 bridgehead atoms. The highest BCUT2D eigenvalue weighted by Gasteiger charge is 2.19. The number of hydrogen-bond acceptors (Lipinski definition) is 4. The Kier molecular flexibility index (Phi) is 6.46. The summed E-state index contributed by atoms with van der Waals surface area (Å²) in [5.41, 5.74) is 2.40. The number of piperazine rings is 1. The average molecular weight is 411 g/mol. The Morgan fingerprint density at radius 1 is 1.34 bits per heavy atom. The van der Waals surface area contributed by atoms with Gasteiger partial charge in [-0.1, -0.05) is 49.3 Å². The summed E-state index contributed by atoms with van der Waals surface area (Å²) >= 11 is 1.48. The summed E-state index contributed by atoms with van der Waals surface area (Å²) in [6.07, 6.45) is 7.80. The number of carbonyl (C=O) groups is 1. The lowest BCUT2D eigenvalue weighted by Crippen LogP contribution is -2.36. The van der Waals surface area contributed by atoms with E-state index < -0.39 is 0 Å². The van der Waals surface area contributed by atoms with Gasteiger partial charge in [-0.05, 0) is 24.5 Å². The molecular weight excluding hydrogens is 382 g/mol. The number of unbranched alkanes of at least 4 members (excludes halogenated alkanes) is 1. The molecule has 1 fully saturated rings. The minimum atomic E-state index is -0.0172. The fourth-order valence-electron chi connectivity index (χ4n) is 3.81. The standard InChI is InChI=1S/C22H28N5OS/c1-2-3-6-17(13-16-14-24-19-8-5-4-7-18(16)19)26-21(28)20-15-25-22(29-20)27-11-9-23-10-12-27/h4-5,7-8,14-15,17,24H,2-3,6,9-13H2,1H3,(H,26,28)/q-1. The van der Waals surface area contributed by atoms with Gasteiger partial charge in [0.1, 0.15) is 4.88 Å². The van der Waals surface area contributed by atoms with Gasteiger partial charge in [0.05, 0.1) is 6.20 Å². The summed E-state index contributed by atoms with van der Waals surface area (Å²) in [6.45, 7) is 5.63. The van der Waals surface area contributed by atoms with E-state index >= 15 is 0 Å². The molecule has 1 aromatic carbocycles. The number of para-hydroxylation sites is 1. The van der Waals surface area contributed by atoms with Crippen LogP contribution in [0, 0.1) is 0 Å². The van der Waals surface area contributed by atoms with Crippen molar-refractivity contribution in [2.45, 2.75) is 38.6 Å². The molecule has 3 heterocycles. The smallest absolute Gasteiger partial charge is 0.263 e. The number of thiazole rings is 1. The van der Waals surface area contributed by atoms with Crippen molar-refractivity contribution in [2.75, 3.05) is 31.1 Å². The van der Waals surface area contributed by atoms with Gasteiger partial charge in [-0.3, -0.25) is 4.79 Å². The van der Waals surface area contributed by atoms with E-state index in [0.717, 1.165) is 62.5 Å². The van der Waals surface area contributed by atoms with Gasteiger partial charge in [0.2, 0.25) is 0 Å². The van der Waals surface area contributed by atoms with Crippen LogP contribution in [0.15, 0.2) is 36.7 Å². The highest BCUT2D eigenvalue weighted by Crippen LogP contribution is 2.25. The van der Waals surface area contributed by atoms with Crippen LogP contribution in [0.5, 0.6) is 0 Å². The second-order valence-corrected chi connectivity index (χ2v) is 8.55. The molecule has 7 heteroatoms. The van der Waals surface area contributed by atoms with Gasteiger partial charge < -0.3 is 20.5 Å². The molecule has 1 aliphatic heterocycles. The van der Waals surface area contributed by atoms with Crippen molar-refractivity contribution in [3.63, 3.8) is 0 Å². The minimum absolute atomic E-state index is 0.0172. The molecule has 0 radical (unpaired) electrons. The van der Waals surface area contributed by atoms with Crippen molar-refractivity contribution >= 4 is 33.3 Å². The number of hydrogen-bond donors (Lipinski definition) is 2. The molecule has 2 aromatic heterocycles. The third-order valence-electron chi connectivity index (χ3n) is 5.43. The van der Waals surface area contributed by atoms with Crippen LogP contribution < -0.4 is 10.2 Å². The molecule has 6 nitrogen and oxygen atoms in total. The van der Waals surface area contributed by atoms with Crippen molar-refractivity contribution in [1.82, 2.24) is 15.3 Å². The first-order valence-electron chi connectivity index (χ1n) is 10.4. The average Bonchev–Trinajstić information content (AvgIpc) is 3.41. The van der Waals surface area contributed by atoms with Gasteiger partial charge in [-0.2, -0.15) is 0 Å². The molecule has 0 spiro atoms. The molecule has 4 rings (SSSR count). The maximum atomic E-state index is 12.9. The number of carbonyl (C=O) groups excluding carboxylic acids is 1. The minimum Gasteiger partial charge on any atom is -0.659 e. The van der Waals surface area contributed by atoms with Gasteiger partial charge in [-0.15, -0.1) is 13.1 Å². The number of aromatic nitrogens is 2. The van der Waals surface area contributed by atoms with E-state index in [1.165, 1.54) is 22.3 Å². The normalized spacial score (nSPS) is 15.6. The predicted molar refractivity (Wildman–Crippen MR) is 120 cm³/mol. The fourth-order valence-corrected chi connectivity index (χ4v) is 4.68. The molecule has 154 valence electrons. The summed E-state index contributed by atoms with van der Waals surface area (Å²) < 4.78 is 0. The number of benzene rings is 1. The van der Waals surface area contributed by atoms with Crippen molar-refractivity contribution in [2.24, 2.45) is 0 Å². The van der Waals surface area contributed by atoms with Gasteiger partial charge in [0, 0.05) is 36.2 Å². The van der Waals surface area contributed by atoms with Crippen molar-refractivity contribution in [3.8, 4) is 0 Å². The summed E-state index contributed by atoms with van der Waals surface area (Å²) in [6, 6.07) is 8.44. The number of fused-ring (bicyclic) bond motifs is 1. The Hall–Kier alpha value is -2.38. The number of anilines is 1.